The number of rotatable bonds is 5. The average Bonchev–Trinajstić information content (AvgIpc) is 2.82. The Morgan fingerprint density at radius 2 is 1.78 bits per heavy atom. The number of thiophene rings is 1. The van der Waals surface area contributed by atoms with Gasteiger partial charge in [-0.25, -0.2) is 0 Å². The van der Waals surface area contributed by atoms with Crippen LogP contribution in [0.25, 0.3) is 0 Å². The van der Waals surface area contributed by atoms with E-state index >= 15 is 0 Å². The lowest BCUT2D eigenvalue weighted by Gasteiger charge is -2.17. The summed E-state index contributed by atoms with van der Waals surface area (Å²) in [6.07, 6.45) is 1.10. The van der Waals surface area contributed by atoms with Crippen molar-refractivity contribution in [2.45, 2.75) is 33.2 Å². The van der Waals surface area contributed by atoms with Crippen LogP contribution in [-0.4, -0.2) is 6.54 Å². The average molecular weight is 259 g/mol. The minimum Gasteiger partial charge on any atom is -0.306 e. The normalized spacial score (nSPS) is 12.6. The van der Waals surface area contributed by atoms with Crippen molar-refractivity contribution in [1.29, 1.82) is 0 Å². The summed E-state index contributed by atoms with van der Waals surface area (Å²) in [6, 6.07) is 13.7. The summed E-state index contributed by atoms with van der Waals surface area (Å²) in [6.45, 7) is 7.50. The second-order valence-electron chi connectivity index (χ2n) is 4.53. The first-order valence-electron chi connectivity index (χ1n) is 6.63. The van der Waals surface area contributed by atoms with Gasteiger partial charge in [-0.15, -0.1) is 11.3 Å². The van der Waals surface area contributed by atoms with Gasteiger partial charge >= 0.3 is 0 Å². The summed E-state index contributed by atoms with van der Waals surface area (Å²) in [7, 11) is 0. The molecule has 0 aliphatic carbocycles. The highest BCUT2D eigenvalue weighted by molar-refractivity contribution is 7.12. The van der Waals surface area contributed by atoms with E-state index in [2.05, 4.69) is 62.5 Å². The molecule has 2 aromatic rings. The van der Waals surface area contributed by atoms with Crippen LogP contribution in [0.4, 0.5) is 0 Å². The first kappa shape index (κ1) is 13.3. The van der Waals surface area contributed by atoms with E-state index < -0.39 is 0 Å². The van der Waals surface area contributed by atoms with E-state index in [1.807, 2.05) is 11.3 Å². The fraction of sp³-hybridized carbons (Fsp3) is 0.375. The smallest absolute Gasteiger partial charge is 0.0671 e. The summed E-state index contributed by atoms with van der Waals surface area (Å²) in [5.41, 5.74) is 2.76. The van der Waals surface area contributed by atoms with Gasteiger partial charge in [-0.1, -0.05) is 38.1 Å². The zero-order valence-electron chi connectivity index (χ0n) is 11.4. The maximum Gasteiger partial charge on any atom is 0.0671 e. The Kier molecular flexibility index (Phi) is 4.56. The molecule has 2 heteroatoms. The number of aryl methyl sites for hydroxylation is 2. The highest BCUT2D eigenvalue weighted by Gasteiger charge is 2.14. The molecule has 1 unspecified atom stereocenters. The predicted octanol–water partition coefficient (Wildman–Crippen LogP) is 4.32. The topological polar surface area (TPSA) is 12.0 Å². The SMILES string of the molecule is CCNC(c1ccc(CC)cc1)c1ccc(C)s1. The predicted molar refractivity (Wildman–Crippen MR) is 80.4 cm³/mol. The van der Waals surface area contributed by atoms with Gasteiger partial charge in [0.15, 0.2) is 0 Å². The van der Waals surface area contributed by atoms with Crippen molar-refractivity contribution in [1.82, 2.24) is 5.32 Å². The summed E-state index contributed by atoms with van der Waals surface area (Å²) < 4.78 is 0. The van der Waals surface area contributed by atoms with E-state index in [0.717, 1.165) is 13.0 Å². The molecule has 0 amide bonds. The van der Waals surface area contributed by atoms with Crippen molar-refractivity contribution in [3.63, 3.8) is 0 Å². The lowest BCUT2D eigenvalue weighted by atomic mass is 10.0. The van der Waals surface area contributed by atoms with Gasteiger partial charge in [0.1, 0.15) is 0 Å². The Bertz CT molecular complexity index is 484. The van der Waals surface area contributed by atoms with Crippen molar-refractivity contribution in [2.75, 3.05) is 6.54 Å². The Labute approximate surface area is 114 Å². The number of hydrogen-bond acceptors (Lipinski definition) is 2. The Morgan fingerprint density at radius 1 is 1.06 bits per heavy atom. The molecule has 1 nitrogen and oxygen atoms in total. The standard InChI is InChI=1S/C16H21NS/c1-4-13-7-9-14(10-8-13)16(17-5-2)15-11-6-12(3)18-15/h6-11,16-17H,4-5H2,1-3H3. The van der Waals surface area contributed by atoms with Crippen molar-refractivity contribution in [2.24, 2.45) is 0 Å². The van der Waals surface area contributed by atoms with Crippen LogP contribution >= 0.6 is 11.3 Å². The molecule has 1 N–H and O–H groups in total. The molecular formula is C16H21NS. The lowest BCUT2D eigenvalue weighted by Crippen LogP contribution is -2.21. The molecule has 0 aliphatic heterocycles. The lowest BCUT2D eigenvalue weighted by molar-refractivity contribution is 0.639. The maximum atomic E-state index is 3.58. The van der Waals surface area contributed by atoms with E-state index in [-0.39, 0.29) is 0 Å². The van der Waals surface area contributed by atoms with E-state index in [1.165, 1.54) is 20.9 Å². The number of benzene rings is 1. The fourth-order valence-electron chi connectivity index (χ4n) is 2.14. The molecule has 2 rings (SSSR count). The molecular weight excluding hydrogens is 238 g/mol. The Morgan fingerprint density at radius 3 is 2.28 bits per heavy atom. The monoisotopic (exact) mass is 259 g/mol. The summed E-state index contributed by atoms with van der Waals surface area (Å²) in [5.74, 6) is 0. The van der Waals surface area contributed by atoms with Crippen molar-refractivity contribution in [3.8, 4) is 0 Å². The quantitative estimate of drug-likeness (QED) is 0.843. The first-order valence-corrected chi connectivity index (χ1v) is 7.44. The van der Waals surface area contributed by atoms with Crippen LogP contribution < -0.4 is 5.32 Å². The third kappa shape index (κ3) is 3.01. The highest BCUT2D eigenvalue weighted by atomic mass is 32.1. The van der Waals surface area contributed by atoms with Gasteiger partial charge in [0.2, 0.25) is 0 Å². The van der Waals surface area contributed by atoms with Crippen molar-refractivity contribution < 1.29 is 0 Å². The largest absolute Gasteiger partial charge is 0.306 e. The molecule has 1 aromatic carbocycles. The zero-order valence-corrected chi connectivity index (χ0v) is 12.2. The van der Waals surface area contributed by atoms with E-state index in [0.29, 0.717) is 6.04 Å². The summed E-state index contributed by atoms with van der Waals surface area (Å²) in [4.78, 5) is 2.77. The van der Waals surface area contributed by atoms with Gasteiger partial charge < -0.3 is 5.32 Å². The molecule has 0 radical (unpaired) electrons. The molecule has 18 heavy (non-hydrogen) atoms. The van der Waals surface area contributed by atoms with Crippen LogP contribution in [0.15, 0.2) is 36.4 Å². The van der Waals surface area contributed by atoms with Gasteiger partial charge in [-0.05, 0) is 43.1 Å². The molecule has 0 spiro atoms. The van der Waals surface area contributed by atoms with Crippen LogP contribution in [-0.2, 0) is 6.42 Å². The minimum absolute atomic E-state index is 0.333. The first-order chi connectivity index (χ1) is 8.74. The van der Waals surface area contributed by atoms with Gasteiger partial charge in [0, 0.05) is 9.75 Å². The van der Waals surface area contributed by atoms with E-state index in [4.69, 9.17) is 0 Å². The second kappa shape index (κ2) is 6.17. The minimum atomic E-state index is 0.333. The molecule has 0 bridgehead atoms. The van der Waals surface area contributed by atoms with Crippen molar-refractivity contribution >= 4 is 11.3 Å². The van der Waals surface area contributed by atoms with Crippen LogP contribution in [0.1, 0.15) is 40.8 Å². The molecule has 1 heterocycles. The summed E-state index contributed by atoms with van der Waals surface area (Å²) >= 11 is 1.88. The molecule has 0 fully saturated rings. The van der Waals surface area contributed by atoms with Crippen LogP contribution in [0.3, 0.4) is 0 Å². The zero-order chi connectivity index (χ0) is 13.0. The van der Waals surface area contributed by atoms with Gasteiger partial charge in [0.25, 0.3) is 0 Å². The maximum absolute atomic E-state index is 3.58. The van der Waals surface area contributed by atoms with E-state index in [9.17, 15) is 0 Å². The molecule has 0 saturated carbocycles. The second-order valence-corrected chi connectivity index (χ2v) is 5.85. The number of hydrogen-bond donors (Lipinski definition) is 1. The fourth-order valence-corrected chi connectivity index (χ4v) is 3.12. The molecule has 0 saturated heterocycles. The van der Waals surface area contributed by atoms with Gasteiger partial charge in [-0.3, -0.25) is 0 Å². The third-order valence-corrected chi connectivity index (χ3v) is 4.24. The Hall–Kier alpha value is -1.12. The highest BCUT2D eigenvalue weighted by Crippen LogP contribution is 2.28. The van der Waals surface area contributed by atoms with E-state index in [1.54, 1.807) is 0 Å². The third-order valence-electron chi connectivity index (χ3n) is 3.18. The molecule has 96 valence electrons. The molecule has 0 aliphatic rings. The van der Waals surface area contributed by atoms with Crippen LogP contribution in [0.2, 0.25) is 0 Å². The number of nitrogens with one attached hydrogen (secondary N) is 1. The van der Waals surface area contributed by atoms with Gasteiger partial charge in [-0.2, -0.15) is 0 Å². The summed E-state index contributed by atoms with van der Waals surface area (Å²) in [5, 5.41) is 3.58. The van der Waals surface area contributed by atoms with Gasteiger partial charge in [0.05, 0.1) is 6.04 Å². The molecule has 1 atom stereocenters. The van der Waals surface area contributed by atoms with Crippen LogP contribution in [0, 0.1) is 6.92 Å². The van der Waals surface area contributed by atoms with Crippen LogP contribution in [0.5, 0.6) is 0 Å². The van der Waals surface area contributed by atoms with Crippen molar-refractivity contribution in [3.05, 3.63) is 57.3 Å². The Balaban J connectivity index is 2.28. The molecule has 1 aromatic heterocycles.